The number of hydrogen-bond donors (Lipinski definition) is 1. The lowest BCUT2D eigenvalue weighted by Crippen LogP contribution is -2.01. The number of unbranched alkanes of at least 4 members (excludes halogenated alkanes) is 1. The lowest BCUT2D eigenvalue weighted by atomic mass is 10.2. The van der Waals surface area contributed by atoms with Gasteiger partial charge < -0.3 is 9.84 Å². The fraction of sp³-hybridized carbons (Fsp3) is 0.462. The first-order chi connectivity index (χ1) is 8.35. The molecule has 0 aliphatic carbocycles. The van der Waals surface area contributed by atoms with Crippen molar-refractivity contribution >= 4 is 21.6 Å². The van der Waals surface area contributed by atoms with Gasteiger partial charge in [-0.2, -0.15) is 0 Å². The van der Waals surface area contributed by atoms with Gasteiger partial charge in [0.15, 0.2) is 0 Å². The van der Waals surface area contributed by atoms with Crippen LogP contribution < -0.4 is 4.74 Å². The van der Waals surface area contributed by atoms with Gasteiger partial charge in [-0.3, -0.25) is 0 Å². The summed E-state index contributed by atoms with van der Waals surface area (Å²) in [5, 5.41) is 9.95. The second-order valence-corrected chi connectivity index (χ2v) is 5.00. The molecule has 0 spiro atoms. The van der Waals surface area contributed by atoms with Crippen LogP contribution in [0, 0.1) is 0 Å². The summed E-state index contributed by atoms with van der Waals surface area (Å²) in [7, 11) is 0. The molecule has 0 aliphatic heterocycles. The van der Waals surface area contributed by atoms with Crippen LogP contribution in [-0.4, -0.2) is 23.3 Å². The number of hydrogen-bond acceptors (Lipinski definition) is 4. The molecule has 0 aliphatic rings. The molecule has 0 saturated carbocycles. The first-order valence-electron chi connectivity index (χ1n) is 5.97. The van der Waals surface area contributed by atoms with E-state index in [0.717, 1.165) is 22.4 Å². The first kappa shape index (κ1) is 12.3. The van der Waals surface area contributed by atoms with Gasteiger partial charge in [0.25, 0.3) is 0 Å². The Labute approximate surface area is 105 Å². The minimum Gasteiger partial charge on any atom is -0.489 e. The summed E-state index contributed by atoms with van der Waals surface area (Å²) in [4.78, 5) is 4.61. The molecule has 1 aromatic carbocycles. The molecular weight excluding hydrogens is 234 g/mol. The van der Waals surface area contributed by atoms with E-state index < -0.39 is 0 Å². The minimum atomic E-state index is 0.0310. The second-order valence-electron chi connectivity index (χ2n) is 3.89. The molecule has 4 heteroatoms. The molecule has 1 heterocycles. The molecule has 0 bridgehead atoms. The predicted molar refractivity (Wildman–Crippen MR) is 70.8 cm³/mol. The highest BCUT2D eigenvalue weighted by molar-refractivity contribution is 7.18. The van der Waals surface area contributed by atoms with Crippen molar-refractivity contribution in [2.75, 3.05) is 13.2 Å². The van der Waals surface area contributed by atoms with Crippen molar-refractivity contribution in [2.45, 2.75) is 26.2 Å². The average Bonchev–Trinajstić information content (AvgIpc) is 2.77. The Morgan fingerprint density at radius 2 is 2.29 bits per heavy atom. The Bertz CT molecular complexity index is 481. The highest BCUT2D eigenvalue weighted by Gasteiger charge is 2.08. The number of para-hydroxylation sites is 1. The number of aryl methyl sites for hydroxylation is 1. The van der Waals surface area contributed by atoms with Crippen LogP contribution in [0.2, 0.25) is 0 Å². The standard InChI is InChI=1S/C13H17NO2S/c1-2-3-7-12-14-13-10(16-9-8-15)5-4-6-11(13)17-12/h4-6,15H,2-3,7-9H2,1H3. The van der Waals surface area contributed by atoms with E-state index >= 15 is 0 Å². The van der Waals surface area contributed by atoms with Crippen LogP contribution in [0.1, 0.15) is 24.8 Å². The van der Waals surface area contributed by atoms with Gasteiger partial charge in [-0.25, -0.2) is 4.98 Å². The zero-order chi connectivity index (χ0) is 12.1. The van der Waals surface area contributed by atoms with Gasteiger partial charge in [-0.1, -0.05) is 19.4 Å². The Morgan fingerprint density at radius 1 is 1.41 bits per heavy atom. The molecule has 0 amide bonds. The molecule has 0 fully saturated rings. The quantitative estimate of drug-likeness (QED) is 0.858. The monoisotopic (exact) mass is 251 g/mol. The minimum absolute atomic E-state index is 0.0310. The Morgan fingerprint density at radius 3 is 3.06 bits per heavy atom. The number of aromatic nitrogens is 1. The summed E-state index contributed by atoms with van der Waals surface area (Å²) >= 11 is 1.73. The van der Waals surface area contributed by atoms with Crippen molar-refractivity contribution in [2.24, 2.45) is 0 Å². The number of ether oxygens (including phenoxy) is 1. The maximum atomic E-state index is 8.78. The molecule has 17 heavy (non-hydrogen) atoms. The average molecular weight is 251 g/mol. The predicted octanol–water partition coefficient (Wildman–Crippen LogP) is 3.01. The van der Waals surface area contributed by atoms with Gasteiger partial charge in [-0.15, -0.1) is 11.3 Å². The fourth-order valence-electron chi connectivity index (χ4n) is 1.68. The summed E-state index contributed by atoms with van der Waals surface area (Å²) in [6, 6.07) is 5.94. The van der Waals surface area contributed by atoms with Gasteiger partial charge >= 0.3 is 0 Å². The Kier molecular flexibility index (Phi) is 4.34. The zero-order valence-electron chi connectivity index (χ0n) is 9.98. The van der Waals surface area contributed by atoms with Gasteiger partial charge in [0.1, 0.15) is 17.9 Å². The molecule has 92 valence electrons. The van der Waals surface area contributed by atoms with Crippen molar-refractivity contribution in [1.29, 1.82) is 0 Å². The summed E-state index contributed by atoms with van der Waals surface area (Å²) in [6.07, 6.45) is 3.39. The van der Waals surface area contributed by atoms with E-state index in [1.807, 2.05) is 12.1 Å². The molecule has 0 saturated heterocycles. The molecule has 3 nitrogen and oxygen atoms in total. The second kappa shape index (κ2) is 5.98. The lowest BCUT2D eigenvalue weighted by molar-refractivity contribution is 0.202. The van der Waals surface area contributed by atoms with E-state index in [4.69, 9.17) is 9.84 Å². The van der Waals surface area contributed by atoms with Crippen molar-refractivity contribution in [3.05, 3.63) is 23.2 Å². The summed E-state index contributed by atoms with van der Waals surface area (Å²) < 4.78 is 6.64. The van der Waals surface area contributed by atoms with Crippen LogP contribution in [0.3, 0.4) is 0 Å². The van der Waals surface area contributed by atoms with Crippen molar-refractivity contribution in [3.63, 3.8) is 0 Å². The van der Waals surface area contributed by atoms with Crippen LogP contribution in [-0.2, 0) is 6.42 Å². The summed E-state index contributed by atoms with van der Waals surface area (Å²) in [5.74, 6) is 0.774. The van der Waals surface area contributed by atoms with Gasteiger partial charge in [0, 0.05) is 0 Å². The maximum absolute atomic E-state index is 8.78. The van der Waals surface area contributed by atoms with Gasteiger partial charge in [-0.05, 0) is 25.0 Å². The first-order valence-corrected chi connectivity index (χ1v) is 6.79. The maximum Gasteiger partial charge on any atom is 0.146 e. The SMILES string of the molecule is CCCCc1nc2c(OCCO)cccc2s1. The molecule has 2 rings (SSSR count). The number of aliphatic hydroxyl groups is 1. The van der Waals surface area contributed by atoms with Gasteiger partial charge in [0.2, 0.25) is 0 Å². The van der Waals surface area contributed by atoms with E-state index in [1.54, 1.807) is 11.3 Å². The number of fused-ring (bicyclic) bond motifs is 1. The number of thiazole rings is 1. The van der Waals surface area contributed by atoms with Crippen LogP contribution >= 0.6 is 11.3 Å². The Hall–Kier alpha value is -1.13. The highest BCUT2D eigenvalue weighted by atomic mass is 32.1. The molecule has 0 atom stereocenters. The lowest BCUT2D eigenvalue weighted by Gasteiger charge is -2.03. The van der Waals surface area contributed by atoms with E-state index in [9.17, 15) is 0 Å². The molecule has 0 radical (unpaired) electrons. The van der Waals surface area contributed by atoms with Crippen molar-refractivity contribution in [1.82, 2.24) is 4.98 Å². The third-order valence-corrected chi connectivity index (χ3v) is 3.60. The van der Waals surface area contributed by atoms with E-state index in [-0.39, 0.29) is 6.61 Å². The topological polar surface area (TPSA) is 42.4 Å². The normalized spacial score (nSPS) is 10.9. The van der Waals surface area contributed by atoms with Crippen LogP contribution in [0.4, 0.5) is 0 Å². The zero-order valence-corrected chi connectivity index (χ0v) is 10.8. The Balaban J connectivity index is 2.25. The largest absolute Gasteiger partial charge is 0.489 e. The number of benzene rings is 1. The molecule has 1 aromatic heterocycles. The molecular formula is C13H17NO2S. The number of aliphatic hydroxyl groups excluding tert-OH is 1. The van der Waals surface area contributed by atoms with Crippen LogP contribution in [0.25, 0.3) is 10.2 Å². The fourth-order valence-corrected chi connectivity index (χ4v) is 2.70. The van der Waals surface area contributed by atoms with Gasteiger partial charge in [0.05, 0.1) is 16.3 Å². The number of nitrogens with zero attached hydrogens (tertiary/aromatic N) is 1. The summed E-state index contributed by atoms with van der Waals surface area (Å²) in [5.41, 5.74) is 0.928. The van der Waals surface area contributed by atoms with Crippen molar-refractivity contribution < 1.29 is 9.84 Å². The van der Waals surface area contributed by atoms with Crippen LogP contribution in [0.5, 0.6) is 5.75 Å². The number of rotatable bonds is 6. The third-order valence-electron chi connectivity index (χ3n) is 2.52. The van der Waals surface area contributed by atoms with Crippen molar-refractivity contribution in [3.8, 4) is 5.75 Å². The van der Waals surface area contributed by atoms with E-state index in [0.29, 0.717) is 6.61 Å². The van der Waals surface area contributed by atoms with E-state index in [2.05, 4.69) is 18.0 Å². The molecule has 2 aromatic rings. The smallest absolute Gasteiger partial charge is 0.146 e. The molecule has 1 N–H and O–H groups in total. The third kappa shape index (κ3) is 2.96. The summed E-state index contributed by atoms with van der Waals surface area (Å²) in [6.45, 7) is 2.53. The van der Waals surface area contributed by atoms with Crippen LogP contribution in [0.15, 0.2) is 18.2 Å². The molecule has 0 unspecified atom stereocenters. The van der Waals surface area contributed by atoms with E-state index in [1.165, 1.54) is 17.8 Å². The highest BCUT2D eigenvalue weighted by Crippen LogP contribution is 2.30.